The van der Waals surface area contributed by atoms with E-state index in [1.165, 1.54) is 70.5 Å². The summed E-state index contributed by atoms with van der Waals surface area (Å²) in [6, 6.07) is 42.5. The first-order chi connectivity index (χ1) is 23.2. The highest BCUT2D eigenvalue weighted by Gasteiger charge is 2.45. The Bertz CT molecular complexity index is 1960. The Labute approximate surface area is 282 Å². The van der Waals surface area contributed by atoms with E-state index in [1.54, 1.807) is 0 Å². The predicted octanol–water partition coefficient (Wildman–Crippen LogP) is 12.7. The number of hydrogen-bond donors (Lipinski definition) is 0. The zero-order chi connectivity index (χ0) is 35.1. The molecule has 0 N–H and O–H groups in total. The van der Waals surface area contributed by atoms with Crippen LogP contribution in [0.25, 0.3) is 22.3 Å². The molecular formula is C43H34F6. The average molecular weight is 665 g/mol. The molecule has 1 aliphatic rings. The topological polar surface area (TPSA) is 0 Å². The standard InChI is InChI=1S/C27H22.C16H12F6/c1-19-11-15-21(16-12-19)27(22-17-13-20(2)14-18-22)25-9-5-3-7-23(25)24-8-4-6-10-26(24)27;1-9-3-5-11(13(7-9)15(17,18)19)12-6-4-10(2)8-14(12)16(20,21)22/h3-18H,1-2H3;3-8H,1-2H3. The minimum Gasteiger partial charge on any atom is -0.166 e. The van der Waals surface area contributed by atoms with E-state index in [4.69, 9.17) is 0 Å². The van der Waals surface area contributed by atoms with Gasteiger partial charge in [-0.1, -0.05) is 144 Å². The number of aryl methyl sites for hydroxylation is 4. The van der Waals surface area contributed by atoms with Crippen LogP contribution in [0.1, 0.15) is 55.6 Å². The van der Waals surface area contributed by atoms with Gasteiger partial charge in [-0.3, -0.25) is 0 Å². The lowest BCUT2D eigenvalue weighted by Crippen LogP contribution is -2.28. The molecule has 0 heterocycles. The maximum Gasteiger partial charge on any atom is 0.417 e. The molecule has 0 fully saturated rings. The molecule has 0 unspecified atom stereocenters. The fraction of sp³-hybridized carbons (Fsp3) is 0.163. The normalized spacial score (nSPS) is 13.3. The van der Waals surface area contributed by atoms with Crippen molar-refractivity contribution < 1.29 is 26.3 Å². The summed E-state index contributed by atoms with van der Waals surface area (Å²) in [7, 11) is 0. The molecule has 0 radical (unpaired) electrons. The van der Waals surface area contributed by atoms with Gasteiger partial charge in [-0.15, -0.1) is 0 Å². The van der Waals surface area contributed by atoms with Gasteiger partial charge in [-0.05, 0) is 84.3 Å². The molecule has 0 amide bonds. The van der Waals surface area contributed by atoms with Crippen molar-refractivity contribution in [2.45, 2.75) is 45.5 Å². The van der Waals surface area contributed by atoms with E-state index in [-0.39, 0.29) is 5.41 Å². The molecular weight excluding hydrogens is 630 g/mol. The summed E-state index contributed by atoms with van der Waals surface area (Å²) in [6.07, 6.45) is -9.45. The van der Waals surface area contributed by atoms with Gasteiger partial charge in [0.15, 0.2) is 0 Å². The second-order valence-electron chi connectivity index (χ2n) is 12.7. The van der Waals surface area contributed by atoms with E-state index >= 15 is 0 Å². The van der Waals surface area contributed by atoms with Gasteiger partial charge in [0.05, 0.1) is 16.5 Å². The molecule has 0 atom stereocenters. The van der Waals surface area contributed by atoms with Crippen LogP contribution >= 0.6 is 0 Å². The predicted molar refractivity (Wildman–Crippen MR) is 185 cm³/mol. The van der Waals surface area contributed by atoms with E-state index in [9.17, 15) is 26.3 Å². The number of fused-ring (bicyclic) bond motifs is 3. The summed E-state index contributed by atoms with van der Waals surface area (Å²) in [5.74, 6) is 0. The van der Waals surface area contributed by atoms with Crippen LogP contribution in [-0.2, 0) is 17.8 Å². The highest BCUT2D eigenvalue weighted by Crippen LogP contribution is 2.56. The van der Waals surface area contributed by atoms with Crippen molar-refractivity contribution in [2.75, 3.05) is 0 Å². The molecule has 6 aromatic rings. The number of benzene rings is 6. The lowest BCUT2D eigenvalue weighted by molar-refractivity contribution is -0.139. The van der Waals surface area contributed by atoms with Gasteiger partial charge >= 0.3 is 12.4 Å². The first-order valence-corrected chi connectivity index (χ1v) is 15.9. The molecule has 7 rings (SSSR count). The molecule has 0 aliphatic heterocycles. The fourth-order valence-electron chi connectivity index (χ4n) is 6.89. The van der Waals surface area contributed by atoms with Crippen LogP contribution in [0, 0.1) is 27.7 Å². The van der Waals surface area contributed by atoms with Crippen LogP contribution in [0.3, 0.4) is 0 Å². The van der Waals surface area contributed by atoms with Crippen molar-refractivity contribution in [1.29, 1.82) is 0 Å². The molecule has 0 saturated heterocycles. The Kier molecular flexibility index (Phi) is 8.78. The van der Waals surface area contributed by atoms with Crippen LogP contribution in [0.2, 0.25) is 0 Å². The molecule has 1 aliphatic carbocycles. The van der Waals surface area contributed by atoms with Crippen molar-refractivity contribution in [1.82, 2.24) is 0 Å². The third kappa shape index (κ3) is 6.28. The van der Waals surface area contributed by atoms with E-state index in [0.29, 0.717) is 11.1 Å². The number of hydrogen-bond acceptors (Lipinski definition) is 0. The summed E-state index contributed by atoms with van der Waals surface area (Å²) < 4.78 is 78.8. The van der Waals surface area contributed by atoms with Crippen molar-refractivity contribution >= 4 is 0 Å². The van der Waals surface area contributed by atoms with Crippen LogP contribution in [-0.4, -0.2) is 0 Å². The third-order valence-electron chi connectivity index (χ3n) is 9.17. The van der Waals surface area contributed by atoms with E-state index < -0.39 is 34.6 Å². The Hall–Kier alpha value is -5.10. The lowest BCUT2D eigenvalue weighted by atomic mass is 9.67. The van der Waals surface area contributed by atoms with Crippen molar-refractivity contribution in [2.24, 2.45) is 0 Å². The molecule has 248 valence electrons. The van der Waals surface area contributed by atoms with Gasteiger partial charge in [0.2, 0.25) is 0 Å². The molecule has 6 aromatic carbocycles. The van der Waals surface area contributed by atoms with E-state index in [0.717, 1.165) is 24.3 Å². The second-order valence-corrected chi connectivity index (χ2v) is 12.7. The summed E-state index contributed by atoms with van der Waals surface area (Å²) in [5.41, 5.74) is 7.99. The van der Waals surface area contributed by atoms with Crippen molar-refractivity contribution in [3.63, 3.8) is 0 Å². The summed E-state index contributed by atoms with van der Waals surface area (Å²) >= 11 is 0. The Morgan fingerprint density at radius 3 is 1.04 bits per heavy atom. The highest BCUT2D eigenvalue weighted by molar-refractivity contribution is 5.86. The number of rotatable bonds is 3. The zero-order valence-corrected chi connectivity index (χ0v) is 27.5. The lowest BCUT2D eigenvalue weighted by Gasteiger charge is -2.34. The molecule has 0 spiro atoms. The maximum absolute atomic E-state index is 13.1. The van der Waals surface area contributed by atoms with Crippen LogP contribution in [0.4, 0.5) is 26.3 Å². The maximum atomic E-state index is 13.1. The molecule has 0 saturated carbocycles. The van der Waals surface area contributed by atoms with Crippen LogP contribution < -0.4 is 0 Å². The minimum absolute atomic E-state index is 0.269. The minimum atomic E-state index is -4.73. The van der Waals surface area contributed by atoms with E-state index in [1.807, 2.05) is 0 Å². The number of alkyl halides is 6. The molecule has 6 heteroatoms. The van der Waals surface area contributed by atoms with Gasteiger partial charge in [0.1, 0.15) is 0 Å². The van der Waals surface area contributed by atoms with Crippen LogP contribution in [0.15, 0.2) is 133 Å². The summed E-state index contributed by atoms with van der Waals surface area (Å²) in [6.45, 7) is 7.22. The van der Waals surface area contributed by atoms with Gasteiger partial charge in [0, 0.05) is 0 Å². The Morgan fingerprint density at radius 1 is 0.367 bits per heavy atom. The third-order valence-corrected chi connectivity index (χ3v) is 9.17. The van der Waals surface area contributed by atoms with Gasteiger partial charge in [-0.2, -0.15) is 26.3 Å². The summed E-state index contributed by atoms with van der Waals surface area (Å²) in [5, 5.41) is 0. The van der Waals surface area contributed by atoms with Gasteiger partial charge in [0.25, 0.3) is 0 Å². The SMILES string of the molecule is Cc1ccc(-c2ccc(C)cc2C(F)(F)F)c(C(F)(F)F)c1.Cc1ccc(C2(c3ccc(C)cc3)c3ccccc3-c3ccccc32)cc1. The van der Waals surface area contributed by atoms with E-state index in [2.05, 4.69) is 111 Å². The molecule has 0 bridgehead atoms. The Balaban J connectivity index is 0.000000174. The molecule has 49 heavy (non-hydrogen) atoms. The largest absolute Gasteiger partial charge is 0.417 e. The number of halogens is 6. The second kappa shape index (κ2) is 12.7. The fourth-order valence-corrected chi connectivity index (χ4v) is 6.89. The van der Waals surface area contributed by atoms with Crippen molar-refractivity contribution in [3.05, 3.63) is 189 Å². The quantitative estimate of drug-likeness (QED) is 0.165. The highest BCUT2D eigenvalue weighted by atomic mass is 19.4. The first-order valence-electron chi connectivity index (χ1n) is 15.9. The smallest absolute Gasteiger partial charge is 0.166 e. The zero-order valence-electron chi connectivity index (χ0n) is 27.5. The first kappa shape index (κ1) is 33.8. The van der Waals surface area contributed by atoms with Gasteiger partial charge < -0.3 is 0 Å². The monoisotopic (exact) mass is 664 g/mol. The molecule has 0 nitrogen and oxygen atoms in total. The van der Waals surface area contributed by atoms with Crippen LogP contribution in [0.5, 0.6) is 0 Å². The summed E-state index contributed by atoms with van der Waals surface area (Å²) in [4.78, 5) is 0. The Morgan fingerprint density at radius 2 is 0.694 bits per heavy atom. The van der Waals surface area contributed by atoms with Crippen molar-refractivity contribution in [3.8, 4) is 22.3 Å². The average Bonchev–Trinajstić information content (AvgIpc) is 3.36. The van der Waals surface area contributed by atoms with Gasteiger partial charge in [-0.25, -0.2) is 0 Å². The molecule has 0 aromatic heterocycles.